The van der Waals surface area contributed by atoms with Crippen molar-refractivity contribution in [2.24, 2.45) is 0 Å². The molecule has 0 aliphatic heterocycles. The predicted molar refractivity (Wildman–Crippen MR) is 159 cm³/mol. The summed E-state index contributed by atoms with van der Waals surface area (Å²) in [4.78, 5) is 10.1. The van der Waals surface area contributed by atoms with E-state index in [9.17, 15) is 0 Å². The van der Waals surface area contributed by atoms with Crippen molar-refractivity contribution >= 4 is 26.8 Å². The van der Waals surface area contributed by atoms with Crippen LogP contribution in [0.25, 0.3) is 22.2 Å². The molecule has 186 valence electrons. The molecule has 0 saturated heterocycles. The summed E-state index contributed by atoms with van der Waals surface area (Å²) in [6.45, 7) is 2.73. The molecule has 0 aliphatic carbocycles. The molecule has 0 amide bonds. The van der Waals surface area contributed by atoms with Crippen molar-refractivity contribution in [2.45, 2.75) is 12.6 Å². The predicted octanol–water partition coefficient (Wildman–Crippen LogP) is 7.82. The second-order valence-electron chi connectivity index (χ2n) is 9.70. The zero-order valence-electron chi connectivity index (χ0n) is 21.4. The maximum atomic E-state index is 5.26. The van der Waals surface area contributed by atoms with Crippen molar-refractivity contribution in [2.75, 3.05) is 27.2 Å². The average Bonchev–Trinajstić information content (AvgIpc) is 2.93. The van der Waals surface area contributed by atoms with Crippen LogP contribution in [0.1, 0.15) is 22.7 Å². The summed E-state index contributed by atoms with van der Waals surface area (Å²) in [6.07, 6.45) is 0. The molecule has 4 heteroatoms. The fraction of sp³-hybridized carbons (Fsp3) is 0.182. The van der Waals surface area contributed by atoms with Gasteiger partial charge in [0.25, 0.3) is 0 Å². The summed E-state index contributed by atoms with van der Waals surface area (Å²) < 4.78 is 1.06. The van der Waals surface area contributed by atoms with Crippen LogP contribution >= 0.6 is 15.9 Å². The minimum atomic E-state index is 0.0347. The Morgan fingerprint density at radius 1 is 0.730 bits per heavy atom. The molecule has 0 radical (unpaired) electrons. The van der Waals surface area contributed by atoms with E-state index in [0.29, 0.717) is 0 Å². The van der Waals surface area contributed by atoms with Crippen LogP contribution in [0.5, 0.6) is 0 Å². The summed E-state index contributed by atoms with van der Waals surface area (Å²) in [5.74, 6) is 0. The molecule has 5 aromatic rings. The summed E-state index contributed by atoms with van der Waals surface area (Å²) in [5, 5.41) is 1.14. The highest BCUT2D eigenvalue weighted by Crippen LogP contribution is 2.38. The molecule has 1 atom stereocenters. The van der Waals surface area contributed by atoms with Gasteiger partial charge in [-0.05, 0) is 49.5 Å². The highest BCUT2D eigenvalue weighted by atomic mass is 79.9. The Labute approximate surface area is 228 Å². The van der Waals surface area contributed by atoms with E-state index in [4.69, 9.17) is 4.98 Å². The Morgan fingerprint density at radius 2 is 1.38 bits per heavy atom. The van der Waals surface area contributed by atoms with E-state index in [2.05, 4.69) is 155 Å². The molecule has 5 rings (SSSR count). The zero-order valence-corrected chi connectivity index (χ0v) is 23.0. The Morgan fingerprint density at radius 3 is 2.05 bits per heavy atom. The Balaban J connectivity index is 1.74. The van der Waals surface area contributed by atoms with Gasteiger partial charge in [0.05, 0.1) is 17.3 Å². The molecular formula is C33H32BrN3. The number of halogens is 1. The van der Waals surface area contributed by atoms with Crippen LogP contribution in [0, 0.1) is 0 Å². The number of pyridine rings is 1. The summed E-state index contributed by atoms with van der Waals surface area (Å²) >= 11 is 3.67. The minimum absolute atomic E-state index is 0.0347. The smallest absolute Gasteiger partial charge is 0.0761 e. The van der Waals surface area contributed by atoms with Crippen molar-refractivity contribution in [3.8, 4) is 11.3 Å². The molecule has 0 spiro atoms. The summed E-state index contributed by atoms with van der Waals surface area (Å²) in [7, 11) is 4.28. The number of hydrogen-bond acceptors (Lipinski definition) is 3. The molecule has 0 bridgehead atoms. The number of rotatable bonds is 9. The van der Waals surface area contributed by atoms with Gasteiger partial charge in [0, 0.05) is 40.6 Å². The molecule has 3 nitrogen and oxygen atoms in total. The molecule has 0 N–H and O–H groups in total. The average molecular weight is 551 g/mol. The maximum absolute atomic E-state index is 5.26. The van der Waals surface area contributed by atoms with Gasteiger partial charge < -0.3 is 4.90 Å². The molecular weight excluding hydrogens is 518 g/mol. The fourth-order valence-corrected chi connectivity index (χ4v) is 5.25. The fourth-order valence-electron chi connectivity index (χ4n) is 4.87. The molecule has 1 aromatic heterocycles. The van der Waals surface area contributed by atoms with Gasteiger partial charge in [0.2, 0.25) is 0 Å². The first-order chi connectivity index (χ1) is 18.1. The first-order valence-corrected chi connectivity index (χ1v) is 13.5. The van der Waals surface area contributed by atoms with Crippen LogP contribution in [-0.2, 0) is 6.54 Å². The van der Waals surface area contributed by atoms with Gasteiger partial charge in [0.15, 0.2) is 0 Å². The van der Waals surface area contributed by atoms with E-state index in [1.54, 1.807) is 0 Å². The normalized spacial score (nSPS) is 12.4. The topological polar surface area (TPSA) is 19.4 Å². The van der Waals surface area contributed by atoms with Crippen molar-refractivity contribution in [1.29, 1.82) is 0 Å². The summed E-state index contributed by atoms with van der Waals surface area (Å²) in [5.41, 5.74) is 6.96. The minimum Gasteiger partial charge on any atom is -0.308 e. The number of hydrogen-bond donors (Lipinski definition) is 0. The van der Waals surface area contributed by atoms with Crippen LogP contribution in [0.2, 0.25) is 0 Å². The van der Waals surface area contributed by atoms with E-state index in [1.165, 1.54) is 16.7 Å². The van der Waals surface area contributed by atoms with Gasteiger partial charge in [-0.2, -0.15) is 0 Å². The third-order valence-electron chi connectivity index (χ3n) is 6.69. The van der Waals surface area contributed by atoms with Crippen molar-refractivity contribution in [3.05, 3.63) is 136 Å². The largest absolute Gasteiger partial charge is 0.308 e. The number of likely N-dealkylation sites (N-methyl/N-ethyl adjacent to an activating group) is 1. The number of nitrogens with zero attached hydrogens (tertiary/aromatic N) is 3. The highest BCUT2D eigenvalue weighted by Gasteiger charge is 2.27. The Kier molecular flexibility index (Phi) is 8.10. The van der Waals surface area contributed by atoms with Gasteiger partial charge >= 0.3 is 0 Å². The maximum Gasteiger partial charge on any atom is 0.0761 e. The molecule has 0 aliphatic rings. The molecule has 1 heterocycles. The second kappa shape index (κ2) is 11.8. The Hall–Kier alpha value is -3.31. The van der Waals surface area contributed by atoms with Gasteiger partial charge in [-0.15, -0.1) is 0 Å². The number of aromatic nitrogens is 1. The second-order valence-corrected chi connectivity index (χ2v) is 10.6. The summed E-state index contributed by atoms with van der Waals surface area (Å²) in [6, 6.07) is 41.0. The van der Waals surface area contributed by atoms with Gasteiger partial charge in [0.1, 0.15) is 0 Å². The van der Waals surface area contributed by atoms with E-state index in [0.717, 1.165) is 46.3 Å². The lowest BCUT2D eigenvalue weighted by atomic mass is 9.91. The lowest BCUT2D eigenvalue weighted by Crippen LogP contribution is -2.35. The SMILES string of the molecule is CN(C)CCN(Cc1ccccc1)C(c1ccccc1)c1cc2cc(Br)ccc2nc1-c1ccccc1. The van der Waals surface area contributed by atoms with Crippen molar-refractivity contribution in [3.63, 3.8) is 0 Å². The van der Waals surface area contributed by atoms with Crippen molar-refractivity contribution in [1.82, 2.24) is 14.8 Å². The first-order valence-electron chi connectivity index (χ1n) is 12.7. The Bertz CT molecular complexity index is 1440. The lowest BCUT2D eigenvalue weighted by molar-refractivity contribution is 0.194. The van der Waals surface area contributed by atoms with Crippen LogP contribution in [0.4, 0.5) is 0 Å². The van der Waals surface area contributed by atoms with E-state index in [-0.39, 0.29) is 6.04 Å². The van der Waals surface area contributed by atoms with Gasteiger partial charge in [-0.25, -0.2) is 4.98 Å². The molecule has 4 aromatic carbocycles. The molecule has 0 saturated carbocycles. The monoisotopic (exact) mass is 549 g/mol. The van der Waals surface area contributed by atoms with Crippen LogP contribution in [0.3, 0.4) is 0 Å². The quantitative estimate of drug-likeness (QED) is 0.187. The van der Waals surface area contributed by atoms with E-state index >= 15 is 0 Å². The molecule has 0 fully saturated rings. The first kappa shape index (κ1) is 25.3. The number of benzene rings is 4. The van der Waals surface area contributed by atoms with Gasteiger partial charge in [-0.3, -0.25) is 4.90 Å². The zero-order chi connectivity index (χ0) is 25.6. The highest BCUT2D eigenvalue weighted by molar-refractivity contribution is 9.10. The molecule has 1 unspecified atom stereocenters. The number of fused-ring (bicyclic) bond motifs is 1. The lowest BCUT2D eigenvalue weighted by Gasteiger charge is -2.34. The van der Waals surface area contributed by atoms with Crippen LogP contribution < -0.4 is 0 Å². The molecule has 37 heavy (non-hydrogen) atoms. The van der Waals surface area contributed by atoms with Crippen LogP contribution in [-0.4, -0.2) is 42.0 Å². The van der Waals surface area contributed by atoms with E-state index in [1.807, 2.05) is 0 Å². The third kappa shape index (κ3) is 6.16. The van der Waals surface area contributed by atoms with Crippen LogP contribution in [0.15, 0.2) is 120 Å². The van der Waals surface area contributed by atoms with E-state index < -0.39 is 0 Å². The van der Waals surface area contributed by atoms with Crippen molar-refractivity contribution < 1.29 is 0 Å². The van der Waals surface area contributed by atoms with Gasteiger partial charge in [-0.1, -0.05) is 107 Å². The third-order valence-corrected chi connectivity index (χ3v) is 7.18. The standard InChI is InChI=1S/C33H32BrN3/c1-36(2)20-21-37(24-25-12-6-3-7-13-25)33(27-16-10-5-11-17-27)30-23-28-22-29(34)18-19-31(28)35-32(30)26-14-8-4-9-15-26/h3-19,22-23,33H,20-21,24H2,1-2H3.